The molecule has 130 valence electrons. The molecular weight excluding hydrogens is 340 g/mol. The van der Waals surface area contributed by atoms with Gasteiger partial charge in [-0.25, -0.2) is 9.67 Å². The largest absolute Gasteiger partial charge is 0.365 e. The standard InChI is InChI=1S/C17H19ClN6O/c1-12(2)24-17(25)16(18)14(11-21-24)22-5-7-23(8-6-22)15-4-3-13(9-19)10-20-15/h3-4,10-12H,5-8H2,1-2H3. The van der Waals surface area contributed by atoms with Crippen LogP contribution in [0.1, 0.15) is 25.5 Å². The van der Waals surface area contributed by atoms with Crippen molar-refractivity contribution in [3.05, 3.63) is 45.5 Å². The molecule has 0 amide bonds. The second-order valence-electron chi connectivity index (χ2n) is 6.18. The minimum absolute atomic E-state index is 0.0293. The summed E-state index contributed by atoms with van der Waals surface area (Å²) in [6.45, 7) is 6.73. The summed E-state index contributed by atoms with van der Waals surface area (Å²) >= 11 is 6.29. The van der Waals surface area contributed by atoms with E-state index in [1.54, 1.807) is 18.5 Å². The van der Waals surface area contributed by atoms with Crippen molar-refractivity contribution in [2.75, 3.05) is 36.0 Å². The third kappa shape index (κ3) is 3.44. The molecule has 8 heteroatoms. The number of rotatable bonds is 3. The predicted molar refractivity (Wildman–Crippen MR) is 97.3 cm³/mol. The highest BCUT2D eigenvalue weighted by Gasteiger charge is 2.22. The van der Waals surface area contributed by atoms with Gasteiger partial charge in [-0.2, -0.15) is 10.4 Å². The number of nitriles is 1. The molecule has 0 N–H and O–H groups in total. The first kappa shape index (κ1) is 17.2. The van der Waals surface area contributed by atoms with Crippen LogP contribution in [-0.4, -0.2) is 40.9 Å². The van der Waals surface area contributed by atoms with Gasteiger partial charge < -0.3 is 9.80 Å². The topological polar surface area (TPSA) is 78.1 Å². The zero-order valence-corrected chi connectivity index (χ0v) is 14.9. The van der Waals surface area contributed by atoms with Crippen LogP contribution in [0.2, 0.25) is 5.02 Å². The molecule has 3 heterocycles. The molecule has 0 bridgehead atoms. The van der Waals surface area contributed by atoms with Crippen LogP contribution in [0.4, 0.5) is 11.5 Å². The van der Waals surface area contributed by atoms with E-state index in [4.69, 9.17) is 16.9 Å². The van der Waals surface area contributed by atoms with Crippen LogP contribution in [0.3, 0.4) is 0 Å². The Labute approximate surface area is 151 Å². The first-order chi connectivity index (χ1) is 12.0. The molecule has 2 aromatic heterocycles. The van der Waals surface area contributed by atoms with Crippen LogP contribution >= 0.6 is 11.6 Å². The monoisotopic (exact) mass is 358 g/mol. The molecule has 0 aliphatic carbocycles. The Morgan fingerprint density at radius 3 is 2.40 bits per heavy atom. The minimum atomic E-state index is -0.259. The third-order valence-electron chi connectivity index (χ3n) is 4.24. The fourth-order valence-electron chi connectivity index (χ4n) is 2.84. The summed E-state index contributed by atoms with van der Waals surface area (Å²) in [5.74, 6) is 0.845. The lowest BCUT2D eigenvalue weighted by atomic mass is 10.2. The van der Waals surface area contributed by atoms with E-state index in [1.165, 1.54) is 4.68 Å². The van der Waals surface area contributed by atoms with Crippen LogP contribution in [0.25, 0.3) is 0 Å². The summed E-state index contributed by atoms with van der Waals surface area (Å²) in [7, 11) is 0. The highest BCUT2D eigenvalue weighted by atomic mass is 35.5. The van der Waals surface area contributed by atoms with E-state index >= 15 is 0 Å². The van der Waals surface area contributed by atoms with Crippen molar-refractivity contribution in [2.24, 2.45) is 0 Å². The van der Waals surface area contributed by atoms with Gasteiger partial charge in [0.2, 0.25) is 0 Å². The molecular formula is C17H19ClN6O. The van der Waals surface area contributed by atoms with Crippen molar-refractivity contribution in [1.29, 1.82) is 5.26 Å². The Morgan fingerprint density at radius 2 is 1.84 bits per heavy atom. The highest BCUT2D eigenvalue weighted by molar-refractivity contribution is 6.33. The van der Waals surface area contributed by atoms with Crippen LogP contribution in [0, 0.1) is 11.3 Å². The molecule has 0 unspecified atom stereocenters. The number of halogens is 1. The van der Waals surface area contributed by atoms with Crippen LogP contribution in [-0.2, 0) is 0 Å². The molecule has 0 spiro atoms. The molecule has 1 fully saturated rings. The SMILES string of the molecule is CC(C)n1ncc(N2CCN(c3ccc(C#N)cn3)CC2)c(Cl)c1=O. The van der Waals surface area contributed by atoms with Crippen LogP contribution in [0.15, 0.2) is 29.3 Å². The molecule has 0 atom stereocenters. The van der Waals surface area contributed by atoms with Gasteiger partial charge in [-0.15, -0.1) is 0 Å². The van der Waals surface area contributed by atoms with Gasteiger partial charge in [0.15, 0.2) is 0 Å². The van der Waals surface area contributed by atoms with Gasteiger partial charge in [0.25, 0.3) is 5.56 Å². The van der Waals surface area contributed by atoms with E-state index in [0.29, 0.717) is 24.3 Å². The van der Waals surface area contributed by atoms with Crippen molar-refractivity contribution in [3.63, 3.8) is 0 Å². The Balaban J connectivity index is 1.73. The predicted octanol–water partition coefficient (Wildman–Crippen LogP) is 2.07. The van der Waals surface area contributed by atoms with E-state index in [0.717, 1.165) is 18.9 Å². The second-order valence-corrected chi connectivity index (χ2v) is 6.56. The van der Waals surface area contributed by atoms with E-state index in [9.17, 15) is 4.79 Å². The average Bonchev–Trinajstić information content (AvgIpc) is 2.64. The molecule has 1 aliphatic rings. The normalized spacial score (nSPS) is 14.7. The smallest absolute Gasteiger partial charge is 0.287 e. The van der Waals surface area contributed by atoms with Crippen molar-refractivity contribution < 1.29 is 0 Å². The first-order valence-electron chi connectivity index (χ1n) is 8.14. The quantitative estimate of drug-likeness (QED) is 0.835. The molecule has 0 aromatic carbocycles. The van der Waals surface area contributed by atoms with E-state index < -0.39 is 0 Å². The van der Waals surface area contributed by atoms with Gasteiger partial charge in [0, 0.05) is 32.4 Å². The molecule has 1 aliphatic heterocycles. The third-order valence-corrected chi connectivity index (χ3v) is 4.59. The lowest BCUT2D eigenvalue weighted by Gasteiger charge is -2.36. The number of nitrogens with zero attached hydrogens (tertiary/aromatic N) is 6. The molecule has 0 radical (unpaired) electrons. The lowest BCUT2D eigenvalue weighted by molar-refractivity contribution is 0.501. The summed E-state index contributed by atoms with van der Waals surface area (Å²) in [5.41, 5.74) is 0.965. The van der Waals surface area contributed by atoms with Gasteiger partial charge in [-0.1, -0.05) is 11.6 Å². The number of hydrogen-bond donors (Lipinski definition) is 0. The fraction of sp³-hybridized carbons (Fsp3) is 0.412. The fourth-order valence-corrected chi connectivity index (χ4v) is 3.10. The average molecular weight is 359 g/mol. The zero-order valence-electron chi connectivity index (χ0n) is 14.2. The highest BCUT2D eigenvalue weighted by Crippen LogP contribution is 2.24. The maximum atomic E-state index is 12.3. The van der Waals surface area contributed by atoms with Crippen molar-refractivity contribution in [1.82, 2.24) is 14.8 Å². The van der Waals surface area contributed by atoms with Crippen LogP contribution < -0.4 is 15.4 Å². The van der Waals surface area contributed by atoms with Gasteiger partial charge >= 0.3 is 0 Å². The summed E-state index contributed by atoms with van der Waals surface area (Å²) < 4.78 is 1.39. The molecule has 0 saturated carbocycles. The Morgan fingerprint density at radius 1 is 1.16 bits per heavy atom. The number of piperazine rings is 1. The van der Waals surface area contributed by atoms with E-state index in [1.807, 2.05) is 19.9 Å². The van der Waals surface area contributed by atoms with Gasteiger partial charge in [-0.05, 0) is 26.0 Å². The molecule has 25 heavy (non-hydrogen) atoms. The lowest BCUT2D eigenvalue weighted by Crippen LogP contribution is -2.47. The second kappa shape index (κ2) is 7.11. The van der Waals surface area contributed by atoms with Crippen LogP contribution in [0.5, 0.6) is 0 Å². The number of hydrogen-bond acceptors (Lipinski definition) is 6. The molecule has 7 nitrogen and oxygen atoms in total. The Bertz CT molecular complexity index is 847. The number of pyridine rings is 1. The maximum Gasteiger partial charge on any atom is 0.287 e. The number of anilines is 2. The Hall–Kier alpha value is -2.59. The van der Waals surface area contributed by atoms with Crippen molar-refractivity contribution >= 4 is 23.1 Å². The van der Waals surface area contributed by atoms with Gasteiger partial charge in [0.1, 0.15) is 16.9 Å². The molecule has 2 aromatic rings. The summed E-state index contributed by atoms with van der Waals surface area (Å²) in [4.78, 5) is 20.9. The van der Waals surface area contributed by atoms with Gasteiger partial charge in [-0.3, -0.25) is 4.79 Å². The minimum Gasteiger partial charge on any atom is -0.365 e. The first-order valence-corrected chi connectivity index (χ1v) is 8.52. The van der Waals surface area contributed by atoms with Crippen molar-refractivity contribution in [2.45, 2.75) is 19.9 Å². The summed E-state index contributed by atoms with van der Waals surface area (Å²) in [5, 5.41) is 13.3. The maximum absolute atomic E-state index is 12.3. The molecule has 3 rings (SSSR count). The summed E-state index contributed by atoms with van der Waals surface area (Å²) in [6.07, 6.45) is 3.24. The van der Waals surface area contributed by atoms with E-state index in [2.05, 4.69) is 26.0 Å². The van der Waals surface area contributed by atoms with Gasteiger partial charge in [0.05, 0.1) is 23.5 Å². The number of aromatic nitrogens is 3. The summed E-state index contributed by atoms with van der Waals surface area (Å²) in [6, 6.07) is 5.66. The van der Waals surface area contributed by atoms with E-state index in [-0.39, 0.29) is 16.6 Å². The zero-order chi connectivity index (χ0) is 18.0. The Kier molecular flexibility index (Phi) is 4.91. The van der Waals surface area contributed by atoms with Crippen molar-refractivity contribution in [3.8, 4) is 6.07 Å². The molecule has 1 saturated heterocycles.